The average molecular weight is 340 g/mol. The van der Waals surface area contributed by atoms with Crippen LogP contribution in [-0.2, 0) is 11.3 Å². The number of carbonyl (C=O) groups is 1. The van der Waals surface area contributed by atoms with Crippen molar-refractivity contribution >= 4 is 17.9 Å². The summed E-state index contributed by atoms with van der Waals surface area (Å²) in [6.07, 6.45) is 0.574. The molecule has 0 aliphatic carbocycles. The van der Waals surface area contributed by atoms with Gasteiger partial charge in [0.05, 0.1) is 27.7 Å². The molecule has 0 saturated heterocycles. The molecule has 0 aliphatic heterocycles. The number of carbonyl (C=O) groups excluding carboxylic acids is 1. The maximum atomic E-state index is 11.9. The molecular formula is C18H31N2O2S+. The number of benzene rings is 1. The lowest BCUT2D eigenvalue weighted by molar-refractivity contribution is -0.867. The van der Waals surface area contributed by atoms with Crippen molar-refractivity contribution < 1.29 is 14.0 Å². The Labute approximate surface area is 145 Å². The molecule has 0 fully saturated rings. The number of nitrogens with zero attached hydrogens (tertiary/aromatic N) is 1. The van der Waals surface area contributed by atoms with Crippen LogP contribution in [0.2, 0.25) is 0 Å². The van der Waals surface area contributed by atoms with Crippen molar-refractivity contribution in [3.8, 4) is 0 Å². The molecule has 5 heteroatoms. The fourth-order valence-corrected chi connectivity index (χ4v) is 3.40. The van der Waals surface area contributed by atoms with Crippen molar-refractivity contribution in [2.45, 2.75) is 32.4 Å². The van der Waals surface area contributed by atoms with Crippen LogP contribution in [0.4, 0.5) is 4.79 Å². The van der Waals surface area contributed by atoms with Gasteiger partial charge in [-0.3, -0.25) is 0 Å². The number of rotatable bonds is 9. The average Bonchev–Trinajstić information content (AvgIpc) is 2.44. The Morgan fingerprint density at radius 3 is 2.43 bits per heavy atom. The zero-order valence-corrected chi connectivity index (χ0v) is 15.9. The molecule has 0 radical (unpaired) electrons. The van der Waals surface area contributed by atoms with Crippen LogP contribution in [0.25, 0.3) is 0 Å². The van der Waals surface area contributed by atoms with E-state index in [4.69, 9.17) is 4.74 Å². The first kappa shape index (κ1) is 19.8. The number of amides is 1. The molecule has 1 N–H and O–H groups in total. The molecule has 1 amide bonds. The Hall–Kier alpha value is -1.20. The van der Waals surface area contributed by atoms with Crippen molar-refractivity contribution in [3.63, 3.8) is 0 Å². The zero-order valence-electron chi connectivity index (χ0n) is 15.1. The van der Waals surface area contributed by atoms with E-state index in [0.29, 0.717) is 6.61 Å². The van der Waals surface area contributed by atoms with E-state index in [1.54, 1.807) is 0 Å². The van der Waals surface area contributed by atoms with Crippen molar-refractivity contribution in [2.24, 2.45) is 0 Å². The van der Waals surface area contributed by atoms with Crippen LogP contribution in [0.3, 0.4) is 0 Å². The van der Waals surface area contributed by atoms with Gasteiger partial charge in [0.25, 0.3) is 0 Å². The molecular weight excluding hydrogens is 308 g/mol. The monoisotopic (exact) mass is 339 g/mol. The van der Waals surface area contributed by atoms with E-state index in [2.05, 4.69) is 26.5 Å². The summed E-state index contributed by atoms with van der Waals surface area (Å²) in [5.41, 5.74) is 0.744. The van der Waals surface area contributed by atoms with E-state index in [-0.39, 0.29) is 11.6 Å². The Morgan fingerprint density at radius 1 is 1.17 bits per heavy atom. The normalized spacial score (nSPS) is 12.0. The van der Waals surface area contributed by atoms with Crippen LogP contribution in [0.15, 0.2) is 30.3 Å². The first-order valence-electron chi connectivity index (χ1n) is 8.05. The van der Waals surface area contributed by atoms with Crippen LogP contribution < -0.4 is 5.32 Å². The SMILES string of the molecule is CC(C)(CCSCC[N+](C)(C)C)NC(=O)OCc1ccccc1. The summed E-state index contributed by atoms with van der Waals surface area (Å²) in [5, 5.41) is 2.96. The Morgan fingerprint density at radius 2 is 1.83 bits per heavy atom. The van der Waals surface area contributed by atoms with Crippen molar-refractivity contribution in [1.29, 1.82) is 0 Å². The molecule has 0 heterocycles. The van der Waals surface area contributed by atoms with Crippen LogP contribution >= 0.6 is 11.8 Å². The fraction of sp³-hybridized carbons (Fsp3) is 0.611. The smallest absolute Gasteiger partial charge is 0.407 e. The summed E-state index contributed by atoms with van der Waals surface area (Å²) in [4.78, 5) is 11.9. The minimum atomic E-state index is -0.352. The van der Waals surface area contributed by atoms with E-state index in [1.165, 1.54) is 0 Å². The molecule has 0 saturated carbocycles. The molecule has 1 aromatic carbocycles. The van der Waals surface area contributed by atoms with E-state index in [1.807, 2.05) is 55.9 Å². The topological polar surface area (TPSA) is 38.3 Å². The van der Waals surface area contributed by atoms with E-state index < -0.39 is 0 Å². The molecule has 1 rings (SSSR count). The molecule has 23 heavy (non-hydrogen) atoms. The maximum absolute atomic E-state index is 11.9. The Balaban J connectivity index is 2.21. The fourth-order valence-electron chi connectivity index (χ4n) is 1.87. The standard InChI is InChI=1S/C18H30N2O2S/c1-18(2,11-13-23-14-12-20(3,4)5)19-17(21)22-15-16-9-7-6-8-10-16/h6-10H,11-15H2,1-5H3/p+1. The highest BCUT2D eigenvalue weighted by Gasteiger charge is 2.21. The molecule has 130 valence electrons. The Bertz CT molecular complexity index is 470. The van der Waals surface area contributed by atoms with Gasteiger partial charge in [0.2, 0.25) is 0 Å². The summed E-state index contributed by atoms with van der Waals surface area (Å²) < 4.78 is 6.26. The second-order valence-corrected chi connectivity index (χ2v) is 8.67. The van der Waals surface area contributed by atoms with Gasteiger partial charge in [-0.15, -0.1) is 0 Å². The molecule has 0 bridgehead atoms. The summed E-state index contributed by atoms with van der Waals surface area (Å²) in [6.45, 7) is 5.53. The number of quaternary nitrogens is 1. The van der Waals surface area contributed by atoms with Gasteiger partial charge >= 0.3 is 6.09 Å². The molecule has 0 aromatic heterocycles. The van der Waals surface area contributed by atoms with E-state index in [0.717, 1.165) is 34.5 Å². The minimum absolute atomic E-state index is 0.253. The number of nitrogens with one attached hydrogen (secondary N) is 1. The molecule has 4 nitrogen and oxygen atoms in total. The van der Waals surface area contributed by atoms with Crippen LogP contribution in [0, 0.1) is 0 Å². The summed E-state index contributed by atoms with van der Waals surface area (Å²) in [6, 6.07) is 9.72. The Kier molecular flexibility index (Phi) is 7.92. The highest BCUT2D eigenvalue weighted by atomic mass is 32.2. The molecule has 0 atom stereocenters. The van der Waals surface area contributed by atoms with Gasteiger partial charge in [-0.2, -0.15) is 11.8 Å². The van der Waals surface area contributed by atoms with Gasteiger partial charge in [-0.1, -0.05) is 30.3 Å². The minimum Gasteiger partial charge on any atom is -0.445 e. The van der Waals surface area contributed by atoms with E-state index in [9.17, 15) is 4.79 Å². The third-order valence-corrected chi connectivity index (χ3v) is 4.40. The predicted molar refractivity (Wildman–Crippen MR) is 98.7 cm³/mol. The predicted octanol–water partition coefficient (Wildman–Crippen LogP) is 3.52. The number of thioether (sulfide) groups is 1. The second-order valence-electron chi connectivity index (χ2n) is 7.45. The first-order chi connectivity index (χ1) is 10.7. The number of alkyl carbamates (subject to hydrolysis) is 1. The van der Waals surface area contributed by atoms with Crippen molar-refractivity contribution in [1.82, 2.24) is 5.32 Å². The molecule has 0 aliphatic rings. The maximum Gasteiger partial charge on any atom is 0.407 e. The number of hydrogen-bond acceptors (Lipinski definition) is 3. The lowest BCUT2D eigenvalue weighted by Crippen LogP contribution is -2.44. The van der Waals surface area contributed by atoms with Gasteiger partial charge in [0.1, 0.15) is 6.61 Å². The lowest BCUT2D eigenvalue weighted by atomic mass is 10.0. The van der Waals surface area contributed by atoms with Crippen LogP contribution in [0.5, 0.6) is 0 Å². The number of hydrogen-bond donors (Lipinski definition) is 1. The quantitative estimate of drug-likeness (QED) is 0.552. The largest absolute Gasteiger partial charge is 0.445 e. The van der Waals surface area contributed by atoms with Gasteiger partial charge in [0, 0.05) is 11.3 Å². The van der Waals surface area contributed by atoms with E-state index >= 15 is 0 Å². The van der Waals surface area contributed by atoms with Gasteiger partial charge in [0.15, 0.2) is 0 Å². The summed E-state index contributed by atoms with van der Waals surface area (Å²) in [5.74, 6) is 2.17. The number of ether oxygens (including phenoxy) is 1. The molecule has 0 unspecified atom stereocenters. The summed E-state index contributed by atoms with van der Waals surface area (Å²) >= 11 is 1.94. The highest BCUT2D eigenvalue weighted by molar-refractivity contribution is 7.99. The van der Waals surface area contributed by atoms with Crippen molar-refractivity contribution in [3.05, 3.63) is 35.9 Å². The van der Waals surface area contributed by atoms with Gasteiger partial charge in [-0.25, -0.2) is 4.79 Å². The second kappa shape index (κ2) is 9.18. The zero-order chi connectivity index (χ0) is 17.3. The van der Waals surface area contributed by atoms with Gasteiger partial charge < -0.3 is 14.5 Å². The first-order valence-corrected chi connectivity index (χ1v) is 9.20. The lowest BCUT2D eigenvalue weighted by Gasteiger charge is -2.26. The van der Waals surface area contributed by atoms with Gasteiger partial charge in [-0.05, 0) is 31.6 Å². The highest BCUT2D eigenvalue weighted by Crippen LogP contribution is 2.14. The molecule has 1 aromatic rings. The van der Waals surface area contributed by atoms with Crippen LogP contribution in [0.1, 0.15) is 25.8 Å². The van der Waals surface area contributed by atoms with Crippen molar-refractivity contribution in [2.75, 3.05) is 39.2 Å². The van der Waals surface area contributed by atoms with Crippen LogP contribution in [-0.4, -0.2) is 55.3 Å². The molecule has 0 spiro atoms. The third-order valence-electron chi connectivity index (χ3n) is 3.43. The third kappa shape index (κ3) is 10.2. The summed E-state index contributed by atoms with van der Waals surface area (Å²) in [7, 11) is 6.61.